The maximum absolute atomic E-state index is 14.6. The minimum absolute atomic E-state index is 0.0524. The van der Waals surface area contributed by atoms with E-state index in [1.165, 1.54) is 37.4 Å². The van der Waals surface area contributed by atoms with Crippen molar-refractivity contribution in [3.8, 4) is 16.9 Å². The molecule has 1 unspecified atom stereocenters. The number of rotatable bonds is 4. The number of aliphatic imine (C=N–C) groups is 1. The molecule has 1 amide bonds. The topological polar surface area (TPSA) is 128 Å². The van der Waals surface area contributed by atoms with Crippen LogP contribution in [0, 0.1) is 0 Å². The van der Waals surface area contributed by atoms with Gasteiger partial charge in [0, 0.05) is 17.5 Å². The van der Waals surface area contributed by atoms with Gasteiger partial charge in [0.1, 0.15) is 11.6 Å². The first-order valence-electron chi connectivity index (χ1n) is 11.0. The van der Waals surface area contributed by atoms with Gasteiger partial charge in [-0.05, 0) is 52.6 Å². The van der Waals surface area contributed by atoms with Crippen molar-refractivity contribution in [1.29, 1.82) is 0 Å². The smallest absolute Gasteiger partial charge is 0.490 e. The second-order valence-corrected chi connectivity index (χ2v) is 8.38. The quantitative estimate of drug-likeness (QED) is 0.400. The first kappa shape index (κ1) is 29.0. The number of nitrogens with two attached hydrogens (primary N) is 2. The molecule has 206 valence electrons. The summed E-state index contributed by atoms with van der Waals surface area (Å²) in [7, 11) is 1.52. The van der Waals surface area contributed by atoms with Gasteiger partial charge in [0.15, 0.2) is 5.54 Å². The molecule has 0 saturated carbocycles. The predicted molar refractivity (Wildman–Crippen MR) is 129 cm³/mol. The Bertz CT molecular complexity index is 1440. The van der Waals surface area contributed by atoms with Crippen LogP contribution in [0.1, 0.15) is 27.0 Å². The number of hydrogen-bond acceptors (Lipinski definition) is 5. The molecule has 0 spiro atoms. The van der Waals surface area contributed by atoms with E-state index in [1.807, 2.05) is 0 Å². The van der Waals surface area contributed by atoms with Gasteiger partial charge in [-0.15, -0.1) is 0 Å². The second-order valence-electron chi connectivity index (χ2n) is 8.38. The van der Waals surface area contributed by atoms with E-state index in [0.29, 0.717) is 22.4 Å². The van der Waals surface area contributed by atoms with Gasteiger partial charge >= 0.3 is 18.3 Å². The Balaban J connectivity index is 0.000000532. The lowest BCUT2D eigenvalue weighted by atomic mass is 9.78. The number of primary amides is 1. The third-order valence-corrected chi connectivity index (χ3v) is 5.88. The lowest BCUT2D eigenvalue weighted by Gasteiger charge is -2.37. The summed E-state index contributed by atoms with van der Waals surface area (Å²) in [6.07, 6.45) is -10.3. The van der Waals surface area contributed by atoms with E-state index in [1.54, 1.807) is 36.4 Å². The molecule has 3 aromatic rings. The van der Waals surface area contributed by atoms with E-state index in [2.05, 4.69) is 4.99 Å². The Kier molecular flexibility index (Phi) is 7.94. The SMILES string of the molecule is COc1cccc(-c2cccc(C3(C(F)(F)F)Cc4cc(C(N)=O)ccc4C(N)=N3)c2)c1.O=C(O)C(F)(F)F. The highest BCUT2D eigenvalue weighted by atomic mass is 19.4. The molecule has 5 N–H and O–H groups in total. The summed E-state index contributed by atoms with van der Waals surface area (Å²) < 4.78 is 80.7. The number of carbonyl (C=O) groups is 2. The fraction of sp³-hybridized carbons (Fsp3) is 0.192. The van der Waals surface area contributed by atoms with Gasteiger partial charge in [-0.25, -0.2) is 9.79 Å². The number of carbonyl (C=O) groups excluding carboxylic acids is 1. The van der Waals surface area contributed by atoms with E-state index in [9.17, 15) is 31.1 Å². The summed E-state index contributed by atoms with van der Waals surface area (Å²) in [5.41, 5.74) is 10.7. The van der Waals surface area contributed by atoms with Crippen LogP contribution in [0.2, 0.25) is 0 Å². The summed E-state index contributed by atoms with van der Waals surface area (Å²) in [6.45, 7) is 0. The van der Waals surface area contributed by atoms with E-state index in [4.69, 9.17) is 26.1 Å². The van der Waals surface area contributed by atoms with E-state index < -0.39 is 36.2 Å². The number of methoxy groups -OCH3 is 1. The Hall–Kier alpha value is -4.55. The number of carboxylic acids is 1. The Labute approximate surface area is 217 Å². The average molecular weight is 553 g/mol. The monoisotopic (exact) mass is 553 g/mol. The number of amides is 1. The van der Waals surface area contributed by atoms with Crippen molar-refractivity contribution in [2.45, 2.75) is 24.3 Å². The van der Waals surface area contributed by atoms with E-state index >= 15 is 0 Å². The van der Waals surface area contributed by atoms with Gasteiger partial charge in [-0.2, -0.15) is 26.3 Å². The van der Waals surface area contributed by atoms with Crippen LogP contribution in [0.3, 0.4) is 0 Å². The molecule has 1 aliphatic rings. The minimum atomic E-state index is -5.08. The number of alkyl halides is 6. The van der Waals surface area contributed by atoms with E-state index in [-0.39, 0.29) is 22.5 Å². The summed E-state index contributed by atoms with van der Waals surface area (Å²) in [5, 5.41) is 7.12. The van der Waals surface area contributed by atoms with Crippen LogP contribution in [0.25, 0.3) is 11.1 Å². The molecule has 0 fully saturated rings. The Morgan fingerprint density at radius 3 is 2.08 bits per heavy atom. The number of carboxylic acid groups (broad SMARTS) is 1. The summed E-state index contributed by atoms with van der Waals surface area (Å²) in [6, 6.07) is 17.4. The number of nitrogens with zero attached hydrogens (tertiary/aromatic N) is 1. The van der Waals surface area contributed by atoms with Crippen molar-refractivity contribution in [1.82, 2.24) is 0 Å². The van der Waals surface area contributed by atoms with Crippen LogP contribution >= 0.6 is 0 Å². The molecule has 0 radical (unpaired) electrons. The molecule has 1 atom stereocenters. The maximum Gasteiger partial charge on any atom is 0.490 e. The van der Waals surface area contributed by atoms with Crippen molar-refractivity contribution in [3.05, 3.63) is 89.0 Å². The molecule has 3 aromatic carbocycles. The minimum Gasteiger partial charge on any atom is -0.497 e. The molecule has 39 heavy (non-hydrogen) atoms. The standard InChI is InChI=1S/C24H20F3N3O2.C2HF3O2/c1-32-19-7-3-5-15(12-19)14-4-2-6-18(11-14)23(24(25,26)27)13-17-10-16(22(29)31)8-9-20(17)21(28)30-23;3-2(4,5)1(6)7/h2-12H,13H2,1H3,(H2,28,30)(H2,29,31);(H,6,7). The van der Waals surface area contributed by atoms with Crippen molar-refractivity contribution in [2.24, 2.45) is 16.5 Å². The largest absolute Gasteiger partial charge is 0.497 e. The molecule has 1 aliphatic heterocycles. The first-order valence-corrected chi connectivity index (χ1v) is 11.0. The molecular formula is C26H21F6N3O4. The number of aliphatic carboxylic acids is 1. The third-order valence-electron chi connectivity index (χ3n) is 5.88. The van der Waals surface area contributed by atoms with Crippen molar-refractivity contribution < 1.29 is 45.8 Å². The van der Waals surface area contributed by atoms with Crippen LogP contribution < -0.4 is 16.2 Å². The van der Waals surface area contributed by atoms with Crippen LogP contribution in [0.5, 0.6) is 5.75 Å². The highest BCUT2D eigenvalue weighted by molar-refractivity contribution is 6.02. The molecule has 7 nitrogen and oxygen atoms in total. The summed E-state index contributed by atoms with van der Waals surface area (Å²) in [5.74, 6) is -3.14. The number of halogens is 6. The number of amidine groups is 1. The molecule has 0 aliphatic carbocycles. The zero-order chi connectivity index (χ0) is 29.2. The number of hydrogen-bond donors (Lipinski definition) is 3. The van der Waals surface area contributed by atoms with Crippen LogP contribution in [0.15, 0.2) is 71.7 Å². The van der Waals surface area contributed by atoms with Gasteiger partial charge < -0.3 is 21.3 Å². The van der Waals surface area contributed by atoms with Crippen LogP contribution in [-0.2, 0) is 16.8 Å². The van der Waals surface area contributed by atoms with Crippen molar-refractivity contribution in [3.63, 3.8) is 0 Å². The van der Waals surface area contributed by atoms with E-state index in [0.717, 1.165) is 0 Å². The molecule has 0 saturated heterocycles. The molecule has 0 aromatic heterocycles. The van der Waals surface area contributed by atoms with Gasteiger partial charge in [0.25, 0.3) is 0 Å². The van der Waals surface area contributed by atoms with Crippen LogP contribution in [-0.4, -0.2) is 42.3 Å². The predicted octanol–water partition coefficient (Wildman–Crippen LogP) is 4.81. The second kappa shape index (κ2) is 10.7. The van der Waals surface area contributed by atoms with Gasteiger partial charge in [0.2, 0.25) is 5.91 Å². The lowest BCUT2D eigenvalue weighted by Crippen LogP contribution is -2.47. The maximum atomic E-state index is 14.6. The lowest BCUT2D eigenvalue weighted by molar-refractivity contribution is -0.192. The number of benzene rings is 3. The number of fused-ring (bicyclic) bond motifs is 1. The number of ether oxygens (including phenoxy) is 1. The third kappa shape index (κ3) is 6.13. The summed E-state index contributed by atoms with van der Waals surface area (Å²) in [4.78, 5) is 24.4. The van der Waals surface area contributed by atoms with Crippen molar-refractivity contribution >= 4 is 17.7 Å². The molecule has 13 heteroatoms. The molecule has 0 bridgehead atoms. The molecule has 4 rings (SSSR count). The fourth-order valence-corrected chi connectivity index (χ4v) is 3.98. The zero-order valence-corrected chi connectivity index (χ0v) is 20.1. The molecule has 1 heterocycles. The normalized spacial score (nSPS) is 16.7. The Morgan fingerprint density at radius 2 is 1.54 bits per heavy atom. The van der Waals surface area contributed by atoms with Crippen LogP contribution in [0.4, 0.5) is 26.3 Å². The average Bonchev–Trinajstić information content (AvgIpc) is 2.87. The zero-order valence-electron chi connectivity index (χ0n) is 20.1. The summed E-state index contributed by atoms with van der Waals surface area (Å²) >= 11 is 0. The fourth-order valence-electron chi connectivity index (χ4n) is 3.98. The Morgan fingerprint density at radius 1 is 0.949 bits per heavy atom. The first-order chi connectivity index (χ1) is 18.1. The molecular weight excluding hydrogens is 532 g/mol. The van der Waals surface area contributed by atoms with Gasteiger partial charge in [-0.1, -0.05) is 36.4 Å². The van der Waals surface area contributed by atoms with Gasteiger partial charge in [0.05, 0.1) is 7.11 Å². The highest BCUT2D eigenvalue weighted by Crippen LogP contribution is 2.48. The highest BCUT2D eigenvalue weighted by Gasteiger charge is 2.58. The van der Waals surface area contributed by atoms with Crippen molar-refractivity contribution in [2.75, 3.05) is 7.11 Å². The van der Waals surface area contributed by atoms with Gasteiger partial charge in [-0.3, -0.25) is 4.79 Å².